The van der Waals surface area contributed by atoms with Crippen molar-refractivity contribution in [1.29, 1.82) is 0 Å². The molecule has 2 nitrogen and oxygen atoms in total. The molecule has 0 fully saturated rings. The Hall–Kier alpha value is -2.03. The van der Waals surface area contributed by atoms with Crippen LogP contribution in [0.1, 0.15) is 11.1 Å². The van der Waals surface area contributed by atoms with Crippen molar-refractivity contribution >= 4 is 34.7 Å². The largest absolute Gasteiger partial charge is 0.345 e. The molecule has 0 aromatic heterocycles. The fourth-order valence-electron chi connectivity index (χ4n) is 1.99. The third-order valence-electron chi connectivity index (χ3n) is 3.25. The van der Waals surface area contributed by atoms with Gasteiger partial charge in [0, 0.05) is 30.2 Å². The van der Waals surface area contributed by atoms with E-state index in [0.717, 1.165) is 16.7 Å². The van der Waals surface area contributed by atoms with Crippen molar-refractivity contribution < 1.29 is 4.79 Å². The predicted octanol–water partition coefficient (Wildman–Crippen LogP) is 5.07. The molecular formula is C19H17Cl2NO. The zero-order valence-electron chi connectivity index (χ0n) is 13.0. The van der Waals surface area contributed by atoms with Crippen LogP contribution in [0.3, 0.4) is 0 Å². The van der Waals surface area contributed by atoms with Crippen LogP contribution in [0.15, 0.2) is 66.8 Å². The molecule has 2 aromatic rings. The molecular weight excluding hydrogens is 329 g/mol. The summed E-state index contributed by atoms with van der Waals surface area (Å²) < 4.78 is 0. The van der Waals surface area contributed by atoms with Crippen molar-refractivity contribution in [1.82, 2.24) is 4.90 Å². The summed E-state index contributed by atoms with van der Waals surface area (Å²) in [4.78, 5) is 13.2. The van der Waals surface area contributed by atoms with Crippen LogP contribution in [-0.2, 0) is 4.79 Å². The van der Waals surface area contributed by atoms with E-state index in [4.69, 9.17) is 23.2 Å². The van der Waals surface area contributed by atoms with Gasteiger partial charge in [-0.2, -0.15) is 0 Å². The minimum absolute atomic E-state index is 0.0622. The van der Waals surface area contributed by atoms with Crippen molar-refractivity contribution in [3.8, 4) is 0 Å². The van der Waals surface area contributed by atoms with E-state index in [1.54, 1.807) is 20.2 Å². The molecule has 1 amide bonds. The first-order valence-electron chi connectivity index (χ1n) is 7.09. The lowest BCUT2D eigenvalue weighted by Gasteiger charge is -2.09. The smallest absolute Gasteiger partial charge is 0.246 e. The minimum atomic E-state index is -0.0622. The molecule has 0 spiro atoms. The number of benzene rings is 2. The molecule has 0 aliphatic rings. The zero-order chi connectivity index (χ0) is 16.8. The van der Waals surface area contributed by atoms with Crippen molar-refractivity contribution in [2.24, 2.45) is 0 Å². The van der Waals surface area contributed by atoms with Crippen LogP contribution in [0.25, 0.3) is 5.57 Å². The molecule has 0 aliphatic heterocycles. The van der Waals surface area contributed by atoms with Crippen molar-refractivity contribution in [2.45, 2.75) is 0 Å². The fourth-order valence-corrected chi connectivity index (χ4v) is 2.25. The lowest BCUT2D eigenvalue weighted by molar-refractivity contribution is -0.123. The second kappa shape index (κ2) is 8.00. The van der Waals surface area contributed by atoms with E-state index < -0.39 is 0 Å². The summed E-state index contributed by atoms with van der Waals surface area (Å²) >= 11 is 11.9. The van der Waals surface area contributed by atoms with Gasteiger partial charge in [0.1, 0.15) is 0 Å². The molecule has 118 valence electrons. The van der Waals surface area contributed by atoms with E-state index in [0.29, 0.717) is 10.0 Å². The number of carbonyl (C=O) groups is 1. The van der Waals surface area contributed by atoms with E-state index in [2.05, 4.69) is 0 Å². The lowest BCUT2D eigenvalue weighted by atomic mass is 9.97. The monoisotopic (exact) mass is 345 g/mol. The van der Waals surface area contributed by atoms with Gasteiger partial charge in [-0.25, -0.2) is 0 Å². The molecule has 0 saturated carbocycles. The minimum Gasteiger partial charge on any atom is -0.345 e. The SMILES string of the molecule is CN(C)C(=O)/C=C/C=C(c1ccc(Cl)cc1)c1ccc(Cl)cc1. The highest BCUT2D eigenvalue weighted by molar-refractivity contribution is 6.31. The van der Waals surface area contributed by atoms with E-state index in [1.165, 1.54) is 11.0 Å². The first-order valence-corrected chi connectivity index (χ1v) is 7.84. The number of hydrogen-bond donors (Lipinski definition) is 0. The Morgan fingerprint density at radius 3 is 1.70 bits per heavy atom. The normalized spacial score (nSPS) is 10.6. The van der Waals surface area contributed by atoms with Gasteiger partial charge in [0.05, 0.1) is 0 Å². The first-order chi connectivity index (χ1) is 11.0. The highest BCUT2D eigenvalue weighted by Gasteiger charge is 2.05. The Morgan fingerprint density at radius 2 is 1.30 bits per heavy atom. The summed E-state index contributed by atoms with van der Waals surface area (Å²) in [6, 6.07) is 15.2. The van der Waals surface area contributed by atoms with Gasteiger partial charge in [0.2, 0.25) is 5.91 Å². The molecule has 0 heterocycles. The van der Waals surface area contributed by atoms with Crippen molar-refractivity contribution in [2.75, 3.05) is 14.1 Å². The van der Waals surface area contributed by atoms with E-state index in [1.807, 2.05) is 54.6 Å². The summed E-state index contributed by atoms with van der Waals surface area (Å²) in [7, 11) is 3.44. The second-order valence-electron chi connectivity index (χ2n) is 5.19. The average molecular weight is 346 g/mol. The molecule has 0 aliphatic carbocycles. The molecule has 2 rings (SSSR count). The molecule has 0 bridgehead atoms. The van der Waals surface area contributed by atoms with E-state index in [9.17, 15) is 4.79 Å². The maximum atomic E-state index is 11.7. The number of carbonyl (C=O) groups excluding carboxylic acids is 1. The van der Waals surface area contributed by atoms with Crippen LogP contribution < -0.4 is 0 Å². The van der Waals surface area contributed by atoms with Crippen LogP contribution in [0.5, 0.6) is 0 Å². The second-order valence-corrected chi connectivity index (χ2v) is 6.06. The summed E-state index contributed by atoms with van der Waals surface area (Å²) in [5.41, 5.74) is 3.01. The first kappa shape index (κ1) is 17.3. The molecule has 2 aromatic carbocycles. The van der Waals surface area contributed by atoms with Gasteiger partial charge in [0.25, 0.3) is 0 Å². The Morgan fingerprint density at radius 1 is 0.870 bits per heavy atom. The molecule has 0 radical (unpaired) electrons. The Bertz CT molecular complexity index is 681. The van der Waals surface area contributed by atoms with Crippen molar-refractivity contribution in [3.05, 3.63) is 87.9 Å². The van der Waals surface area contributed by atoms with Gasteiger partial charge in [-0.15, -0.1) is 0 Å². The number of likely N-dealkylation sites (N-methyl/N-ethyl adjacent to an activating group) is 1. The highest BCUT2D eigenvalue weighted by atomic mass is 35.5. The van der Waals surface area contributed by atoms with Gasteiger partial charge in [-0.05, 0) is 41.0 Å². The third kappa shape index (κ3) is 4.98. The quantitative estimate of drug-likeness (QED) is 0.559. The molecule has 0 unspecified atom stereocenters. The number of allylic oxidation sites excluding steroid dienone is 2. The Kier molecular flexibility index (Phi) is 6.03. The number of amides is 1. The van der Waals surface area contributed by atoms with Crippen molar-refractivity contribution in [3.63, 3.8) is 0 Å². The number of rotatable bonds is 4. The van der Waals surface area contributed by atoms with Gasteiger partial charge >= 0.3 is 0 Å². The molecule has 0 N–H and O–H groups in total. The van der Waals surface area contributed by atoms with Gasteiger partial charge in [-0.3, -0.25) is 4.79 Å². The third-order valence-corrected chi connectivity index (χ3v) is 3.76. The number of halogens is 2. The van der Waals surface area contributed by atoms with Crippen LogP contribution in [-0.4, -0.2) is 24.9 Å². The number of nitrogens with zero attached hydrogens (tertiary/aromatic N) is 1. The maximum Gasteiger partial charge on any atom is 0.246 e. The Labute approximate surface area is 146 Å². The number of hydrogen-bond acceptors (Lipinski definition) is 1. The topological polar surface area (TPSA) is 20.3 Å². The zero-order valence-corrected chi connectivity index (χ0v) is 14.5. The summed E-state index contributed by atoms with van der Waals surface area (Å²) in [5.74, 6) is -0.0622. The maximum absolute atomic E-state index is 11.7. The summed E-state index contributed by atoms with van der Waals surface area (Å²) in [6.07, 6.45) is 5.20. The lowest BCUT2D eigenvalue weighted by Crippen LogP contribution is -2.18. The molecule has 4 heteroatoms. The fraction of sp³-hybridized carbons (Fsp3) is 0.105. The average Bonchev–Trinajstić information content (AvgIpc) is 2.53. The Balaban J connectivity index is 2.40. The predicted molar refractivity (Wildman–Crippen MR) is 97.8 cm³/mol. The summed E-state index contributed by atoms with van der Waals surface area (Å²) in [6.45, 7) is 0. The molecule has 0 atom stereocenters. The standard InChI is InChI=1S/C19H17Cl2NO/c1-22(2)19(23)5-3-4-18(14-6-10-16(20)11-7-14)15-8-12-17(21)13-9-15/h3-13H,1-2H3/b5-3+. The van der Waals surface area contributed by atoms with Gasteiger partial charge in [0.15, 0.2) is 0 Å². The van der Waals surface area contributed by atoms with Crippen LogP contribution in [0, 0.1) is 0 Å². The van der Waals surface area contributed by atoms with Gasteiger partial charge < -0.3 is 4.90 Å². The molecule has 23 heavy (non-hydrogen) atoms. The molecule has 0 saturated heterocycles. The summed E-state index contributed by atoms with van der Waals surface area (Å²) in [5, 5.41) is 1.37. The van der Waals surface area contributed by atoms with E-state index >= 15 is 0 Å². The van der Waals surface area contributed by atoms with E-state index in [-0.39, 0.29) is 5.91 Å². The highest BCUT2D eigenvalue weighted by Crippen LogP contribution is 2.26. The van der Waals surface area contributed by atoms with Crippen LogP contribution in [0.2, 0.25) is 10.0 Å². The van der Waals surface area contributed by atoms with Crippen LogP contribution >= 0.6 is 23.2 Å². The van der Waals surface area contributed by atoms with Gasteiger partial charge in [-0.1, -0.05) is 59.6 Å². The van der Waals surface area contributed by atoms with Crippen LogP contribution in [0.4, 0.5) is 0 Å².